The van der Waals surface area contributed by atoms with Gasteiger partial charge in [-0.1, -0.05) is 27.5 Å². The largest absolute Gasteiger partial charge is 0.492 e. The molecule has 0 aliphatic heterocycles. The Kier molecular flexibility index (Phi) is 5.75. The Morgan fingerprint density at radius 1 is 1.15 bits per heavy atom. The molecule has 0 atom stereocenters. The van der Waals surface area contributed by atoms with E-state index >= 15 is 0 Å². The van der Waals surface area contributed by atoms with Crippen LogP contribution in [0, 0.1) is 0 Å². The van der Waals surface area contributed by atoms with Crippen molar-refractivity contribution in [1.29, 1.82) is 0 Å². The van der Waals surface area contributed by atoms with E-state index in [1.807, 2.05) is 37.3 Å². The van der Waals surface area contributed by atoms with Crippen molar-refractivity contribution in [1.82, 2.24) is 0 Å². The highest BCUT2D eigenvalue weighted by Gasteiger charge is 2.09. The Bertz CT molecular complexity index is 587. The first-order valence-corrected chi connectivity index (χ1v) is 8.16. The van der Waals surface area contributed by atoms with Crippen LogP contribution in [0.3, 0.4) is 0 Å². The van der Waals surface area contributed by atoms with E-state index in [1.165, 1.54) is 0 Å². The average molecular weight is 420 g/mol. The summed E-state index contributed by atoms with van der Waals surface area (Å²) in [5.74, 6) is 0.872. The quantitative estimate of drug-likeness (QED) is 0.654. The summed E-state index contributed by atoms with van der Waals surface area (Å²) in [6, 6.07) is 11.7. The van der Waals surface area contributed by atoms with E-state index < -0.39 is 0 Å². The van der Waals surface area contributed by atoms with Crippen molar-refractivity contribution in [3.05, 3.63) is 55.9 Å². The fourth-order valence-electron chi connectivity index (χ4n) is 1.82. The fraction of sp³-hybridized carbons (Fsp3) is 0.200. The lowest BCUT2D eigenvalue weighted by Gasteiger charge is -2.14. The second-order valence-corrected chi connectivity index (χ2v) is 6.38. The molecule has 0 spiro atoms. The maximum Gasteiger partial charge on any atom is 0.138 e. The molecule has 2 rings (SSSR count). The minimum absolute atomic E-state index is 0.633. The van der Waals surface area contributed by atoms with E-state index in [-0.39, 0.29) is 0 Å². The minimum Gasteiger partial charge on any atom is -0.492 e. The van der Waals surface area contributed by atoms with Crippen LogP contribution in [0.25, 0.3) is 0 Å². The van der Waals surface area contributed by atoms with E-state index in [9.17, 15) is 0 Å². The Balaban J connectivity index is 2.17. The highest BCUT2D eigenvalue weighted by atomic mass is 79.9. The molecule has 5 heteroatoms. The van der Waals surface area contributed by atoms with Crippen molar-refractivity contribution in [2.45, 2.75) is 13.5 Å². The first-order chi connectivity index (χ1) is 9.60. The molecular formula is C15H14Br2ClNO. The van der Waals surface area contributed by atoms with Crippen molar-refractivity contribution in [3.63, 3.8) is 0 Å². The van der Waals surface area contributed by atoms with E-state index in [4.69, 9.17) is 16.3 Å². The SMILES string of the molecule is CCOc1c(Br)cc(Br)cc1CNc1ccc(Cl)cc1. The predicted molar refractivity (Wildman–Crippen MR) is 91.8 cm³/mol. The molecule has 0 bridgehead atoms. The topological polar surface area (TPSA) is 21.3 Å². The first-order valence-electron chi connectivity index (χ1n) is 6.20. The molecular weight excluding hydrogens is 405 g/mol. The van der Waals surface area contributed by atoms with E-state index in [0.29, 0.717) is 13.2 Å². The van der Waals surface area contributed by atoms with Gasteiger partial charge in [-0.15, -0.1) is 0 Å². The van der Waals surface area contributed by atoms with Crippen molar-refractivity contribution < 1.29 is 4.74 Å². The monoisotopic (exact) mass is 417 g/mol. The van der Waals surface area contributed by atoms with Gasteiger partial charge in [-0.05, 0) is 59.3 Å². The lowest BCUT2D eigenvalue weighted by molar-refractivity contribution is 0.334. The predicted octanol–water partition coefficient (Wildman–Crippen LogP) is 5.88. The lowest BCUT2D eigenvalue weighted by Crippen LogP contribution is -2.04. The third kappa shape index (κ3) is 4.14. The van der Waals surface area contributed by atoms with Gasteiger partial charge in [0.1, 0.15) is 5.75 Å². The third-order valence-corrected chi connectivity index (χ3v) is 4.00. The standard InChI is InChI=1S/C15H14Br2ClNO/c1-2-20-15-10(7-11(16)8-14(15)17)9-19-13-5-3-12(18)4-6-13/h3-8,19H,2,9H2,1H3. The van der Waals surface area contributed by atoms with Crippen molar-refractivity contribution in [2.24, 2.45) is 0 Å². The molecule has 0 radical (unpaired) electrons. The van der Waals surface area contributed by atoms with Crippen LogP contribution in [-0.4, -0.2) is 6.61 Å². The molecule has 0 aromatic heterocycles. The molecule has 2 aromatic rings. The molecule has 0 unspecified atom stereocenters. The van der Waals surface area contributed by atoms with Crippen molar-refractivity contribution in [3.8, 4) is 5.75 Å². The number of benzene rings is 2. The molecule has 0 amide bonds. The van der Waals surface area contributed by atoms with Gasteiger partial charge in [0, 0.05) is 27.3 Å². The van der Waals surface area contributed by atoms with Gasteiger partial charge in [0.2, 0.25) is 0 Å². The maximum absolute atomic E-state index is 5.88. The summed E-state index contributed by atoms with van der Waals surface area (Å²) in [4.78, 5) is 0. The zero-order valence-corrected chi connectivity index (χ0v) is 14.8. The summed E-state index contributed by atoms with van der Waals surface area (Å²) in [5.41, 5.74) is 2.11. The lowest BCUT2D eigenvalue weighted by atomic mass is 10.2. The Morgan fingerprint density at radius 2 is 1.85 bits per heavy atom. The van der Waals surface area contributed by atoms with Gasteiger partial charge in [-0.3, -0.25) is 0 Å². The van der Waals surface area contributed by atoms with Crippen molar-refractivity contribution >= 4 is 49.1 Å². The number of ether oxygens (including phenoxy) is 1. The van der Waals surface area contributed by atoms with Crippen molar-refractivity contribution in [2.75, 3.05) is 11.9 Å². The molecule has 0 saturated heterocycles. The number of hydrogen-bond acceptors (Lipinski definition) is 2. The third-order valence-electron chi connectivity index (χ3n) is 2.70. The van der Waals surface area contributed by atoms with Gasteiger partial charge in [-0.2, -0.15) is 0 Å². The van der Waals surface area contributed by atoms with Crippen LogP contribution in [0.5, 0.6) is 5.75 Å². The summed E-state index contributed by atoms with van der Waals surface area (Å²) < 4.78 is 7.66. The Hall–Kier alpha value is -0.710. The van der Waals surface area contributed by atoms with Crippen LogP contribution < -0.4 is 10.1 Å². The molecule has 106 valence electrons. The summed E-state index contributed by atoms with van der Waals surface area (Å²) in [7, 11) is 0. The minimum atomic E-state index is 0.633. The summed E-state index contributed by atoms with van der Waals surface area (Å²) >= 11 is 12.9. The average Bonchev–Trinajstić information content (AvgIpc) is 2.41. The second-order valence-electron chi connectivity index (χ2n) is 4.17. The molecule has 2 aromatic carbocycles. The van der Waals surface area contributed by atoms with Gasteiger partial charge in [-0.25, -0.2) is 0 Å². The van der Waals surface area contributed by atoms with Crippen LogP contribution in [0.1, 0.15) is 12.5 Å². The highest BCUT2D eigenvalue weighted by Crippen LogP contribution is 2.33. The number of hydrogen-bond donors (Lipinski definition) is 1. The van der Waals surface area contributed by atoms with Gasteiger partial charge < -0.3 is 10.1 Å². The van der Waals surface area contributed by atoms with Crippen LogP contribution in [0.2, 0.25) is 5.02 Å². The van der Waals surface area contributed by atoms with Crippen LogP contribution in [-0.2, 0) is 6.54 Å². The number of anilines is 1. The summed E-state index contributed by atoms with van der Waals surface area (Å²) in [6.45, 7) is 3.29. The van der Waals surface area contributed by atoms with Crippen LogP contribution >= 0.6 is 43.5 Å². The van der Waals surface area contributed by atoms with Crippen LogP contribution in [0.15, 0.2) is 45.3 Å². The molecule has 2 nitrogen and oxygen atoms in total. The fourth-order valence-corrected chi connectivity index (χ4v) is 3.37. The summed E-state index contributed by atoms with van der Waals surface area (Å²) in [5, 5.41) is 4.09. The van der Waals surface area contributed by atoms with E-state index in [0.717, 1.165) is 31.0 Å². The van der Waals surface area contributed by atoms with Gasteiger partial charge in [0.25, 0.3) is 0 Å². The molecule has 1 N–H and O–H groups in total. The molecule has 0 saturated carbocycles. The molecule has 0 fully saturated rings. The Morgan fingerprint density at radius 3 is 2.50 bits per heavy atom. The Labute approximate surface area is 140 Å². The molecule has 0 aliphatic rings. The zero-order chi connectivity index (χ0) is 14.5. The normalized spacial score (nSPS) is 10.4. The first kappa shape index (κ1) is 15.7. The van der Waals surface area contributed by atoms with Crippen LogP contribution in [0.4, 0.5) is 5.69 Å². The van der Waals surface area contributed by atoms with Gasteiger partial charge >= 0.3 is 0 Å². The molecule has 0 aliphatic carbocycles. The maximum atomic E-state index is 5.88. The van der Waals surface area contributed by atoms with Gasteiger partial charge in [0.05, 0.1) is 11.1 Å². The van der Waals surface area contributed by atoms with E-state index in [1.54, 1.807) is 0 Å². The van der Waals surface area contributed by atoms with Gasteiger partial charge in [0.15, 0.2) is 0 Å². The second kappa shape index (κ2) is 7.34. The number of halogens is 3. The number of rotatable bonds is 5. The summed E-state index contributed by atoms with van der Waals surface area (Å²) in [6.07, 6.45) is 0. The van der Waals surface area contributed by atoms with E-state index in [2.05, 4.69) is 43.2 Å². The molecule has 0 heterocycles. The zero-order valence-electron chi connectivity index (χ0n) is 10.9. The highest BCUT2D eigenvalue weighted by molar-refractivity contribution is 9.11. The smallest absolute Gasteiger partial charge is 0.138 e. The number of nitrogens with one attached hydrogen (secondary N) is 1. The molecule has 20 heavy (non-hydrogen) atoms.